The van der Waals surface area contributed by atoms with E-state index in [2.05, 4.69) is 36.1 Å². The molecule has 5 nitrogen and oxygen atoms in total. The van der Waals surface area contributed by atoms with E-state index in [1.807, 2.05) is 7.05 Å². The second kappa shape index (κ2) is 6.33. The maximum atomic E-state index is 5.19. The Bertz CT molecular complexity index is 396. The summed E-state index contributed by atoms with van der Waals surface area (Å²) in [4.78, 5) is 10.8. The predicted octanol–water partition coefficient (Wildman–Crippen LogP) is 1.68. The molecule has 0 radical (unpaired) electrons. The van der Waals surface area contributed by atoms with Crippen molar-refractivity contribution < 1.29 is 4.74 Å². The third kappa shape index (κ3) is 3.32. The zero-order chi connectivity index (χ0) is 13.0. The van der Waals surface area contributed by atoms with Crippen molar-refractivity contribution in [3.05, 3.63) is 10.7 Å². The molecule has 18 heavy (non-hydrogen) atoms. The van der Waals surface area contributed by atoms with E-state index in [1.54, 1.807) is 13.3 Å². The molecule has 1 aliphatic rings. The molecule has 0 saturated carbocycles. The van der Waals surface area contributed by atoms with Crippen LogP contribution in [0.5, 0.6) is 5.88 Å². The first kappa shape index (κ1) is 13.5. The number of halogens is 1. The van der Waals surface area contributed by atoms with E-state index in [9.17, 15) is 0 Å². The summed E-state index contributed by atoms with van der Waals surface area (Å²) in [6.45, 7) is 3.19. The largest absolute Gasteiger partial charge is 0.480 e. The number of rotatable bonds is 4. The normalized spacial score (nSPS) is 19.6. The summed E-state index contributed by atoms with van der Waals surface area (Å²) in [7, 11) is 3.64. The van der Waals surface area contributed by atoms with E-state index >= 15 is 0 Å². The van der Waals surface area contributed by atoms with Gasteiger partial charge >= 0.3 is 0 Å². The minimum Gasteiger partial charge on any atom is -0.480 e. The number of hydrogen-bond donors (Lipinski definition) is 1. The van der Waals surface area contributed by atoms with Crippen LogP contribution in [-0.4, -0.2) is 43.8 Å². The van der Waals surface area contributed by atoms with Crippen molar-refractivity contribution in [1.29, 1.82) is 0 Å². The van der Waals surface area contributed by atoms with Crippen LogP contribution in [0.4, 0.5) is 5.95 Å². The van der Waals surface area contributed by atoms with Crippen molar-refractivity contribution in [3.63, 3.8) is 0 Å². The molecular formula is C12H19BrN4O. The lowest BCUT2D eigenvalue weighted by Crippen LogP contribution is -2.37. The maximum Gasteiger partial charge on any atom is 0.232 e. The summed E-state index contributed by atoms with van der Waals surface area (Å²) in [5, 5.41) is 3.42. The highest BCUT2D eigenvalue weighted by atomic mass is 79.9. The van der Waals surface area contributed by atoms with E-state index in [-0.39, 0.29) is 0 Å². The molecule has 2 rings (SSSR count). The quantitative estimate of drug-likeness (QED) is 0.916. The van der Waals surface area contributed by atoms with E-state index in [1.165, 1.54) is 12.8 Å². The van der Waals surface area contributed by atoms with Gasteiger partial charge in [0.1, 0.15) is 0 Å². The minimum atomic E-state index is 0.577. The summed E-state index contributed by atoms with van der Waals surface area (Å²) in [5.74, 6) is 1.95. The number of ether oxygens (including phenoxy) is 1. The first-order chi connectivity index (χ1) is 8.70. The molecule has 0 bridgehead atoms. The molecule has 100 valence electrons. The standard InChI is InChI=1S/C12H19BrN4O/c1-17(8-9-4-3-5-14-6-9)12-15-7-10(13)11(16-12)18-2/h7,9,14H,3-6,8H2,1-2H3. The number of piperidine rings is 1. The van der Waals surface area contributed by atoms with Gasteiger partial charge in [-0.15, -0.1) is 0 Å². The molecule has 0 amide bonds. The summed E-state index contributed by atoms with van der Waals surface area (Å²) in [6, 6.07) is 0. The highest BCUT2D eigenvalue weighted by molar-refractivity contribution is 9.10. The van der Waals surface area contributed by atoms with Gasteiger partial charge in [-0.25, -0.2) is 4.98 Å². The van der Waals surface area contributed by atoms with Crippen molar-refractivity contribution in [3.8, 4) is 5.88 Å². The van der Waals surface area contributed by atoms with E-state index in [0.717, 1.165) is 24.1 Å². The number of hydrogen-bond acceptors (Lipinski definition) is 5. The Morgan fingerprint density at radius 1 is 1.61 bits per heavy atom. The average molecular weight is 315 g/mol. The zero-order valence-electron chi connectivity index (χ0n) is 10.8. The van der Waals surface area contributed by atoms with Gasteiger partial charge in [0.2, 0.25) is 11.8 Å². The molecule has 1 fully saturated rings. The Hall–Kier alpha value is -0.880. The lowest BCUT2D eigenvalue weighted by molar-refractivity contribution is 0.377. The van der Waals surface area contributed by atoms with Crippen LogP contribution in [0.25, 0.3) is 0 Å². The smallest absolute Gasteiger partial charge is 0.232 e. The lowest BCUT2D eigenvalue weighted by Gasteiger charge is -2.27. The Balaban J connectivity index is 2.01. The Kier molecular flexibility index (Phi) is 4.77. The molecule has 0 aromatic carbocycles. The van der Waals surface area contributed by atoms with Gasteiger partial charge in [-0.2, -0.15) is 4.98 Å². The number of nitrogens with zero attached hydrogens (tertiary/aromatic N) is 3. The van der Waals surface area contributed by atoms with Crippen LogP contribution in [0.2, 0.25) is 0 Å². The van der Waals surface area contributed by atoms with Crippen molar-refractivity contribution in [2.24, 2.45) is 5.92 Å². The number of nitrogens with one attached hydrogen (secondary N) is 1. The first-order valence-electron chi connectivity index (χ1n) is 6.19. The Morgan fingerprint density at radius 3 is 3.11 bits per heavy atom. The zero-order valence-corrected chi connectivity index (χ0v) is 12.4. The number of anilines is 1. The van der Waals surface area contributed by atoms with Gasteiger partial charge in [0.05, 0.1) is 17.8 Å². The molecule has 6 heteroatoms. The molecule has 1 aromatic rings. The van der Waals surface area contributed by atoms with Gasteiger partial charge in [0.15, 0.2) is 0 Å². The van der Waals surface area contributed by atoms with Crippen LogP contribution in [-0.2, 0) is 0 Å². The van der Waals surface area contributed by atoms with Crippen LogP contribution >= 0.6 is 15.9 Å². The van der Waals surface area contributed by atoms with Crippen LogP contribution in [0.1, 0.15) is 12.8 Å². The molecule has 1 N–H and O–H groups in total. The van der Waals surface area contributed by atoms with Gasteiger partial charge in [0.25, 0.3) is 0 Å². The Morgan fingerprint density at radius 2 is 2.44 bits per heavy atom. The van der Waals surface area contributed by atoms with Crippen LogP contribution in [0.3, 0.4) is 0 Å². The predicted molar refractivity (Wildman–Crippen MR) is 75.1 cm³/mol. The maximum absolute atomic E-state index is 5.19. The fourth-order valence-electron chi connectivity index (χ4n) is 2.22. The fraction of sp³-hybridized carbons (Fsp3) is 0.667. The molecule has 1 unspecified atom stereocenters. The molecule has 0 spiro atoms. The molecule has 0 aliphatic carbocycles. The molecule has 1 aromatic heterocycles. The second-order valence-corrected chi connectivity index (χ2v) is 5.47. The van der Waals surface area contributed by atoms with Crippen LogP contribution in [0, 0.1) is 5.92 Å². The van der Waals surface area contributed by atoms with E-state index in [4.69, 9.17) is 4.74 Å². The summed E-state index contributed by atoms with van der Waals surface area (Å²) in [6.07, 6.45) is 4.25. The highest BCUT2D eigenvalue weighted by Crippen LogP contribution is 2.23. The fourth-order valence-corrected chi connectivity index (χ4v) is 2.57. The Labute approximate surface area is 116 Å². The van der Waals surface area contributed by atoms with Crippen LogP contribution in [0.15, 0.2) is 10.7 Å². The number of aromatic nitrogens is 2. The summed E-state index contributed by atoms with van der Waals surface area (Å²) < 4.78 is 5.97. The highest BCUT2D eigenvalue weighted by Gasteiger charge is 2.17. The topological polar surface area (TPSA) is 50.3 Å². The van der Waals surface area contributed by atoms with Crippen molar-refractivity contribution in [1.82, 2.24) is 15.3 Å². The van der Waals surface area contributed by atoms with E-state index < -0.39 is 0 Å². The third-order valence-corrected chi connectivity index (χ3v) is 3.71. The molecule has 1 atom stereocenters. The van der Waals surface area contributed by atoms with Crippen molar-refractivity contribution in [2.45, 2.75) is 12.8 Å². The van der Waals surface area contributed by atoms with Gasteiger partial charge in [-0.1, -0.05) is 0 Å². The van der Waals surface area contributed by atoms with E-state index in [0.29, 0.717) is 17.7 Å². The molecule has 2 heterocycles. The molecule has 1 saturated heterocycles. The average Bonchev–Trinajstić information content (AvgIpc) is 2.40. The lowest BCUT2D eigenvalue weighted by atomic mass is 9.99. The van der Waals surface area contributed by atoms with Gasteiger partial charge in [-0.3, -0.25) is 0 Å². The number of methoxy groups -OCH3 is 1. The summed E-state index contributed by atoms with van der Waals surface area (Å²) >= 11 is 3.36. The van der Waals surface area contributed by atoms with Crippen molar-refractivity contribution >= 4 is 21.9 Å². The summed E-state index contributed by atoms with van der Waals surface area (Å²) in [5.41, 5.74) is 0. The second-order valence-electron chi connectivity index (χ2n) is 4.62. The van der Waals surface area contributed by atoms with Gasteiger partial charge in [0, 0.05) is 13.6 Å². The minimum absolute atomic E-state index is 0.577. The van der Waals surface area contributed by atoms with Gasteiger partial charge in [-0.05, 0) is 47.8 Å². The molecule has 1 aliphatic heterocycles. The first-order valence-corrected chi connectivity index (χ1v) is 6.98. The SMILES string of the molecule is COc1nc(N(C)CC2CCCNC2)ncc1Br. The van der Waals surface area contributed by atoms with Gasteiger partial charge < -0.3 is 15.0 Å². The third-order valence-electron chi connectivity index (χ3n) is 3.16. The van der Waals surface area contributed by atoms with Crippen LogP contribution < -0.4 is 15.0 Å². The monoisotopic (exact) mass is 314 g/mol. The van der Waals surface area contributed by atoms with Crippen molar-refractivity contribution in [2.75, 3.05) is 38.7 Å². The molecular weight excluding hydrogens is 296 g/mol.